The van der Waals surface area contributed by atoms with Crippen molar-refractivity contribution >= 4 is 45.6 Å². The molecule has 0 amide bonds. The summed E-state index contributed by atoms with van der Waals surface area (Å²) in [6, 6.07) is 4.24. The van der Waals surface area contributed by atoms with E-state index in [2.05, 4.69) is 0 Å². The summed E-state index contributed by atoms with van der Waals surface area (Å²) in [6.07, 6.45) is 0. The van der Waals surface area contributed by atoms with E-state index in [1.807, 2.05) is 0 Å². The maximum Gasteiger partial charge on any atom is 0.246 e. The highest BCUT2D eigenvalue weighted by molar-refractivity contribution is 7.89. The summed E-state index contributed by atoms with van der Waals surface area (Å²) in [5.41, 5.74) is 5.45. The third-order valence-electron chi connectivity index (χ3n) is 2.52. The molecule has 0 aliphatic heterocycles. The van der Waals surface area contributed by atoms with Crippen molar-refractivity contribution < 1.29 is 8.42 Å². The molecule has 0 radical (unpaired) electrons. The number of hydrogen-bond acceptors (Lipinski definition) is 3. The van der Waals surface area contributed by atoms with Crippen molar-refractivity contribution in [3.05, 3.63) is 28.2 Å². The van der Waals surface area contributed by atoms with E-state index < -0.39 is 10.0 Å². The molecule has 1 aromatic carbocycles. The van der Waals surface area contributed by atoms with Crippen LogP contribution in [-0.4, -0.2) is 32.4 Å². The molecule has 0 aromatic heterocycles. The van der Waals surface area contributed by atoms with Gasteiger partial charge in [0, 0.05) is 19.6 Å². The van der Waals surface area contributed by atoms with Gasteiger partial charge in [-0.1, -0.05) is 29.3 Å². The van der Waals surface area contributed by atoms with Gasteiger partial charge in [0.25, 0.3) is 0 Å². The van der Waals surface area contributed by atoms with Crippen LogP contribution >= 0.6 is 35.6 Å². The second-order valence-corrected chi connectivity index (χ2v) is 6.41. The summed E-state index contributed by atoms with van der Waals surface area (Å²) in [5, 5.41) is 0.210. The molecule has 0 aliphatic rings. The molecule has 18 heavy (non-hydrogen) atoms. The van der Waals surface area contributed by atoms with Crippen molar-refractivity contribution in [3.63, 3.8) is 0 Å². The van der Waals surface area contributed by atoms with E-state index in [9.17, 15) is 8.42 Å². The molecule has 1 rings (SSSR count). The van der Waals surface area contributed by atoms with Crippen molar-refractivity contribution in [2.45, 2.75) is 17.9 Å². The van der Waals surface area contributed by atoms with Gasteiger partial charge in [-0.3, -0.25) is 0 Å². The maximum atomic E-state index is 12.3. The van der Waals surface area contributed by atoms with Gasteiger partial charge in [-0.25, -0.2) is 8.42 Å². The lowest BCUT2D eigenvalue weighted by Gasteiger charge is -2.23. The van der Waals surface area contributed by atoms with E-state index in [0.717, 1.165) is 0 Å². The molecule has 2 N–H and O–H groups in total. The van der Waals surface area contributed by atoms with Crippen LogP contribution in [0.25, 0.3) is 0 Å². The number of nitrogens with zero attached hydrogens (tertiary/aromatic N) is 1. The van der Waals surface area contributed by atoms with Gasteiger partial charge >= 0.3 is 0 Å². The predicted octanol–water partition coefficient (Wildman–Crippen LogP) is 2.38. The fourth-order valence-corrected chi connectivity index (χ4v) is 3.72. The maximum absolute atomic E-state index is 12.3. The Kier molecular flexibility index (Phi) is 6.92. The molecule has 4 nitrogen and oxygen atoms in total. The second-order valence-electron chi connectivity index (χ2n) is 3.66. The lowest BCUT2D eigenvalue weighted by Crippen LogP contribution is -2.39. The Hall–Kier alpha value is -0.0400. The van der Waals surface area contributed by atoms with Gasteiger partial charge in [0.1, 0.15) is 4.90 Å². The predicted molar refractivity (Wildman–Crippen MR) is 77.2 cm³/mol. The number of hydrogen-bond donors (Lipinski definition) is 1. The van der Waals surface area contributed by atoms with Gasteiger partial charge in [0.15, 0.2) is 0 Å². The van der Waals surface area contributed by atoms with Crippen molar-refractivity contribution in [1.82, 2.24) is 4.31 Å². The number of halogens is 3. The fourth-order valence-electron chi connectivity index (χ4n) is 1.26. The minimum absolute atomic E-state index is 0. The SMILES string of the molecule is CC(CN)N(C)S(=O)(=O)c1c(Cl)cccc1Cl.Cl. The Labute approximate surface area is 124 Å². The number of nitrogens with two attached hydrogens (primary N) is 1. The molecule has 0 saturated heterocycles. The van der Waals surface area contributed by atoms with E-state index >= 15 is 0 Å². The highest BCUT2D eigenvalue weighted by atomic mass is 35.5. The molecule has 0 saturated carbocycles. The van der Waals surface area contributed by atoms with Gasteiger partial charge in [0.05, 0.1) is 10.0 Å². The minimum atomic E-state index is -3.72. The number of benzene rings is 1. The van der Waals surface area contributed by atoms with E-state index in [-0.39, 0.29) is 39.9 Å². The highest BCUT2D eigenvalue weighted by Gasteiger charge is 2.28. The first-order valence-electron chi connectivity index (χ1n) is 4.94. The standard InChI is InChI=1S/C10H14Cl2N2O2S.ClH/c1-7(6-13)14(2)17(15,16)10-8(11)4-3-5-9(10)12;/h3-5,7H,6,13H2,1-2H3;1H. The zero-order valence-electron chi connectivity index (χ0n) is 9.93. The van der Waals surface area contributed by atoms with Gasteiger partial charge in [0.2, 0.25) is 10.0 Å². The van der Waals surface area contributed by atoms with Crippen LogP contribution in [0, 0.1) is 0 Å². The van der Waals surface area contributed by atoms with Crippen LogP contribution in [0.1, 0.15) is 6.92 Å². The summed E-state index contributed by atoms with van der Waals surface area (Å²) < 4.78 is 25.7. The number of likely N-dealkylation sites (N-methyl/N-ethyl adjacent to an activating group) is 1. The summed E-state index contributed by atoms with van der Waals surface area (Å²) in [5.74, 6) is 0. The highest BCUT2D eigenvalue weighted by Crippen LogP contribution is 2.31. The third-order valence-corrected chi connectivity index (χ3v) is 5.45. The average Bonchev–Trinajstić information content (AvgIpc) is 2.26. The quantitative estimate of drug-likeness (QED) is 0.920. The summed E-state index contributed by atoms with van der Waals surface area (Å²) in [4.78, 5) is -0.0777. The molecule has 1 aromatic rings. The van der Waals surface area contributed by atoms with Crippen LogP contribution < -0.4 is 5.73 Å². The van der Waals surface area contributed by atoms with Crippen molar-refractivity contribution in [3.8, 4) is 0 Å². The largest absolute Gasteiger partial charge is 0.329 e. The lowest BCUT2D eigenvalue weighted by atomic mass is 10.4. The molecule has 0 spiro atoms. The first-order valence-corrected chi connectivity index (χ1v) is 7.14. The van der Waals surface area contributed by atoms with Crippen molar-refractivity contribution in [1.29, 1.82) is 0 Å². The molecule has 8 heteroatoms. The van der Waals surface area contributed by atoms with Gasteiger partial charge in [-0.15, -0.1) is 12.4 Å². The molecular formula is C10H15Cl3N2O2S. The molecule has 1 unspecified atom stereocenters. The van der Waals surface area contributed by atoms with E-state index in [1.165, 1.54) is 23.5 Å². The lowest BCUT2D eigenvalue weighted by molar-refractivity contribution is 0.394. The van der Waals surface area contributed by atoms with Crippen LogP contribution in [0.5, 0.6) is 0 Å². The van der Waals surface area contributed by atoms with Crippen LogP contribution in [0.4, 0.5) is 0 Å². The van der Waals surface area contributed by atoms with E-state index in [0.29, 0.717) is 0 Å². The molecule has 0 aliphatic carbocycles. The smallest absolute Gasteiger partial charge is 0.246 e. The normalized spacial score (nSPS) is 13.2. The molecule has 0 fully saturated rings. The molecule has 0 heterocycles. The summed E-state index contributed by atoms with van der Waals surface area (Å²) >= 11 is 11.8. The first-order chi connectivity index (χ1) is 7.82. The third kappa shape index (κ3) is 3.50. The Morgan fingerprint density at radius 1 is 1.33 bits per heavy atom. The Morgan fingerprint density at radius 3 is 2.17 bits per heavy atom. The van der Waals surface area contributed by atoms with Gasteiger partial charge in [-0.2, -0.15) is 4.31 Å². The second kappa shape index (κ2) is 6.93. The first kappa shape index (κ1) is 18.0. The number of rotatable bonds is 4. The Balaban J connectivity index is 0.00000289. The van der Waals surface area contributed by atoms with Crippen LogP contribution in [0.15, 0.2) is 23.1 Å². The van der Waals surface area contributed by atoms with Gasteiger partial charge in [-0.05, 0) is 19.1 Å². The summed E-state index contributed by atoms with van der Waals surface area (Å²) in [7, 11) is -2.27. The molecular weight excluding hydrogens is 319 g/mol. The van der Waals surface area contributed by atoms with Gasteiger partial charge < -0.3 is 5.73 Å². The molecule has 1 atom stereocenters. The van der Waals surface area contributed by atoms with Crippen LogP contribution in [0.2, 0.25) is 10.0 Å². The topological polar surface area (TPSA) is 63.4 Å². The van der Waals surface area contributed by atoms with E-state index in [1.54, 1.807) is 13.0 Å². The summed E-state index contributed by atoms with van der Waals surface area (Å²) in [6.45, 7) is 1.93. The monoisotopic (exact) mass is 332 g/mol. The Bertz CT molecular complexity index is 488. The Morgan fingerprint density at radius 2 is 1.78 bits per heavy atom. The van der Waals surface area contributed by atoms with Crippen molar-refractivity contribution in [2.75, 3.05) is 13.6 Å². The zero-order chi connectivity index (χ0) is 13.2. The van der Waals surface area contributed by atoms with Crippen molar-refractivity contribution in [2.24, 2.45) is 5.73 Å². The zero-order valence-corrected chi connectivity index (χ0v) is 13.1. The average molecular weight is 334 g/mol. The van der Waals surface area contributed by atoms with E-state index in [4.69, 9.17) is 28.9 Å². The van der Waals surface area contributed by atoms with Crippen LogP contribution in [0.3, 0.4) is 0 Å². The molecule has 0 bridgehead atoms. The van der Waals surface area contributed by atoms with Crippen LogP contribution in [-0.2, 0) is 10.0 Å². The molecule has 104 valence electrons. The fraction of sp³-hybridized carbons (Fsp3) is 0.400. The number of sulfonamides is 1. The minimum Gasteiger partial charge on any atom is -0.329 e.